The standard InChI is InChI=1S/C16H25N3/c1-2-5-13(6-3-1)14-7-9-15(10-8-14)19-16-17-11-4-12-18-16/h7-10,13,16-19H,1-6,11-12H2. The van der Waals surface area contributed by atoms with Gasteiger partial charge in [-0.3, -0.25) is 10.6 Å². The summed E-state index contributed by atoms with van der Waals surface area (Å²) in [7, 11) is 0. The number of hydrogen-bond donors (Lipinski definition) is 3. The molecule has 2 aliphatic rings. The van der Waals surface area contributed by atoms with Gasteiger partial charge in [-0.15, -0.1) is 0 Å². The average molecular weight is 259 g/mol. The Morgan fingerprint density at radius 2 is 1.53 bits per heavy atom. The van der Waals surface area contributed by atoms with Crippen LogP contribution in [0.1, 0.15) is 50.0 Å². The minimum Gasteiger partial charge on any atom is -0.358 e. The fourth-order valence-electron chi connectivity index (χ4n) is 3.21. The van der Waals surface area contributed by atoms with Gasteiger partial charge in [0.1, 0.15) is 6.29 Å². The number of hydrogen-bond acceptors (Lipinski definition) is 3. The molecule has 3 N–H and O–H groups in total. The first kappa shape index (κ1) is 12.9. The van der Waals surface area contributed by atoms with Gasteiger partial charge in [0.25, 0.3) is 0 Å². The molecule has 1 saturated heterocycles. The molecule has 3 heteroatoms. The van der Waals surface area contributed by atoms with Crippen molar-refractivity contribution in [3.63, 3.8) is 0 Å². The van der Waals surface area contributed by atoms with Crippen molar-refractivity contribution >= 4 is 5.69 Å². The lowest BCUT2D eigenvalue weighted by Crippen LogP contribution is -2.52. The predicted octanol–water partition coefficient (Wildman–Crippen LogP) is 3.01. The topological polar surface area (TPSA) is 36.1 Å². The van der Waals surface area contributed by atoms with Gasteiger partial charge >= 0.3 is 0 Å². The highest BCUT2D eigenvalue weighted by atomic mass is 15.3. The summed E-state index contributed by atoms with van der Waals surface area (Å²) in [6.07, 6.45) is 8.40. The minimum absolute atomic E-state index is 0.217. The summed E-state index contributed by atoms with van der Waals surface area (Å²) in [5.74, 6) is 0.800. The van der Waals surface area contributed by atoms with E-state index in [4.69, 9.17) is 0 Å². The lowest BCUT2D eigenvalue weighted by molar-refractivity contribution is 0.402. The van der Waals surface area contributed by atoms with E-state index in [1.807, 2.05) is 0 Å². The molecule has 1 heterocycles. The highest BCUT2D eigenvalue weighted by Crippen LogP contribution is 2.32. The Kier molecular flexibility index (Phi) is 4.36. The van der Waals surface area contributed by atoms with E-state index in [0.29, 0.717) is 0 Å². The van der Waals surface area contributed by atoms with Crippen molar-refractivity contribution in [2.75, 3.05) is 18.4 Å². The van der Waals surface area contributed by atoms with Crippen LogP contribution in [0, 0.1) is 0 Å². The molecule has 1 aliphatic carbocycles. The quantitative estimate of drug-likeness (QED) is 0.781. The molecular formula is C16H25N3. The summed E-state index contributed by atoms with van der Waals surface area (Å²) in [5.41, 5.74) is 2.72. The van der Waals surface area contributed by atoms with Gasteiger partial charge in [-0.25, -0.2) is 0 Å². The third-order valence-electron chi connectivity index (χ3n) is 4.35. The fourth-order valence-corrected chi connectivity index (χ4v) is 3.21. The molecule has 1 aliphatic heterocycles. The van der Waals surface area contributed by atoms with E-state index in [9.17, 15) is 0 Å². The Bertz CT molecular complexity index is 375. The van der Waals surface area contributed by atoms with Crippen molar-refractivity contribution in [3.05, 3.63) is 29.8 Å². The molecule has 2 fully saturated rings. The van der Waals surface area contributed by atoms with E-state index in [1.165, 1.54) is 49.8 Å². The average Bonchev–Trinajstić information content (AvgIpc) is 2.50. The monoisotopic (exact) mass is 259 g/mol. The zero-order valence-corrected chi connectivity index (χ0v) is 11.6. The van der Waals surface area contributed by atoms with Crippen LogP contribution in [-0.2, 0) is 0 Å². The highest BCUT2D eigenvalue weighted by molar-refractivity contribution is 5.46. The van der Waals surface area contributed by atoms with Crippen LogP contribution < -0.4 is 16.0 Å². The molecule has 3 nitrogen and oxygen atoms in total. The first-order valence-electron chi connectivity index (χ1n) is 7.75. The molecule has 0 spiro atoms. The Morgan fingerprint density at radius 1 is 0.842 bits per heavy atom. The molecule has 0 atom stereocenters. The molecule has 0 amide bonds. The Labute approximate surface area is 116 Å². The molecular weight excluding hydrogens is 234 g/mol. The number of anilines is 1. The number of benzene rings is 1. The van der Waals surface area contributed by atoms with E-state index >= 15 is 0 Å². The molecule has 19 heavy (non-hydrogen) atoms. The third kappa shape index (κ3) is 3.48. The van der Waals surface area contributed by atoms with Crippen LogP contribution >= 0.6 is 0 Å². The lowest BCUT2D eigenvalue weighted by Gasteiger charge is -2.27. The Morgan fingerprint density at radius 3 is 2.21 bits per heavy atom. The maximum absolute atomic E-state index is 3.49. The molecule has 104 valence electrons. The lowest BCUT2D eigenvalue weighted by atomic mass is 9.84. The van der Waals surface area contributed by atoms with Crippen molar-refractivity contribution < 1.29 is 0 Å². The molecule has 0 radical (unpaired) electrons. The van der Waals surface area contributed by atoms with Gasteiger partial charge in [0.05, 0.1) is 0 Å². The Balaban J connectivity index is 1.58. The second-order valence-electron chi connectivity index (χ2n) is 5.80. The van der Waals surface area contributed by atoms with E-state index in [-0.39, 0.29) is 6.29 Å². The van der Waals surface area contributed by atoms with Crippen LogP contribution in [0.25, 0.3) is 0 Å². The zero-order valence-electron chi connectivity index (χ0n) is 11.6. The minimum atomic E-state index is 0.217. The maximum atomic E-state index is 3.49. The highest BCUT2D eigenvalue weighted by Gasteiger charge is 2.15. The normalized spacial score (nSPS) is 22.3. The number of nitrogens with one attached hydrogen (secondary N) is 3. The molecule has 0 aromatic heterocycles. The molecule has 1 aromatic rings. The first-order valence-corrected chi connectivity index (χ1v) is 7.75. The van der Waals surface area contributed by atoms with Crippen LogP contribution in [0.4, 0.5) is 5.69 Å². The second kappa shape index (κ2) is 6.40. The van der Waals surface area contributed by atoms with Crippen LogP contribution in [0.3, 0.4) is 0 Å². The van der Waals surface area contributed by atoms with Crippen molar-refractivity contribution in [2.45, 2.75) is 50.7 Å². The van der Waals surface area contributed by atoms with Crippen molar-refractivity contribution in [1.82, 2.24) is 10.6 Å². The smallest absolute Gasteiger partial charge is 0.132 e. The first-order chi connectivity index (χ1) is 9.42. The largest absolute Gasteiger partial charge is 0.358 e. The fraction of sp³-hybridized carbons (Fsp3) is 0.625. The predicted molar refractivity (Wildman–Crippen MR) is 80.3 cm³/mol. The van der Waals surface area contributed by atoms with Crippen molar-refractivity contribution in [1.29, 1.82) is 0 Å². The maximum Gasteiger partial charge on any atom is 0.132 e. The second-order valence-corrected chi connectivity index (χ2v) is 5.80. The summed E-state index contributed by atoms with van der Waals surface area (Å²) in [6.45, 7) is 2.18. The zero-order chi connectivity index (χ0) is 12.9. The van der Waals surface area contributed by atoms with E-state index in [2.05, 4.69) is 40.2 Å². The Hall–Kier alpha value is -1.06. The van der Waals surface area contributed by atoms with Gasteiger partial charge in [0, 0.05) is 5.69 Å². The summed E-state index contributed by atoms with van der Waals surface area (Å²) in [4.78, 5) is 0. The van der Waals surface area contributed by atoms with E-state index < -0.39 is 0 Å². The van der Waals surface area contributed by atoms with Crippen LogP contribution in [-0.4, -0.2) is 19.4 Å². The van der Waals surface area contributed by atoms with E-state index in [1.54, 1.807) is 0 Å². The summed E-state index contributed by atoms with van der Waals surface area (Å²) in [5, 5.41) is 10.3. The van der Waals surface area contributed by atoms with Gasteiger partial charge in [0.15, 0.2) is 0 Å². The molecule has 1 aromatic carbocycles. The van der Waals surface area contributed by atoms with Gasteiger partial charge < -0.3 is 5.32 Å². The van der Waals surface area contributed by atoms with Crippen molar-refractivity contribution in [2.24, 2.45) is 0 Å². The van der Waals surface area contributed by atoms with Crippen LogP contribution in [0.5, 0.6) is 0 Å². The van der Waals surface area contributed by atoms with E-state index in [0.717, 1.165) is 19.0 Å². The third-order valence-corrected chi connectivity index (χ3v) is 4.35. The van der Waals surface area contributed by atoms with Gasteiger partial charge in [0.2, 0.25) is 0 Å². The van der Waals surface area contributed by atoms with Gasteiger partial charge in [-0.2, -0.15) is 0 Å². The number of rotatable bonds is 3. The molecule has 3 rings (SSSR count). The SMILES string of the molecule is c1cc(C2CCCCC2)ccc1NC1NCCCN1. The summed E-state index contributed by atoms with van der Waals surface area (Å²) in [6, 6.07) is 9.06. The summed E-state index contributed by atoms with van der Waals surface area (Å²) < 4.78 is 0. The molecule has 0 bridgehead atoms. The molecule has 0 unspecified atom stereocenters. The van der Waals surface area contributed by atoms with Crippen molar-refractivity contribution in [3.8, 4) is 0 Å². The van der Waals surface area contributed by atoms with Gasteiger partial charge in [-0.1, -0.05) is 31.4 Å². The van der Waals surface area contributed by atoms with Crippen LogP contribution in [0.15, 0.2) is 24.3 Å². The van der Waals surface area contributed by atoms with Crippen LogP contribution in [0.2, 0.25) is 0 Å². The summed E-state index contributed by atoms with van der Waals surface area (Å²) >= 11 is 0. The molecule has 1 saturated carbocycles. The van der Waals surface area contributed by atoms with Gasteiger partial charge in [-0.05, 0) is 56.0 Å².